The summed E-state index contributed by atoms with van der Waals surface area (Å²) in [4.78, 5) is 17.8. The third-order valence-corrected chi connectivity index (χ3v) is 1.48. The summed E-state index contributed by atoms with van der Waals surface area (Å²) < 4.78 is 0. The molecule has 4 nitrogen and oxygen atoms in total. The van der Waals surface area contributed by atoms with Crippen LogP contribution >= 0.6 is 0 Å². The summed E-state index contributed by atoms with van der Waals surface area (Å²) in [7, 11) is 0. The highest BCUT2D eigenvalue weighted by Crippen LogP contribution is 1.93. The zero-order valence-corrected chi connectivity index (χ0v) is 7.58. The van der Waals surface area contributed by atoms with Crippen LogP contribution in [-0.4, -0.2) is 22.4 Å². The van der Waals surface area contributed by atoms with Crippen molar-refractivity contribution in [1.82, 2.24) is 15.3 Å². The van der Waals surface area contributed by atoms with Crippen molar-refractivity contribution in [2.75, 3.05) is 6.54 Å². The molecule has 70 valence electrons. The first-order chi connectivity index (χ1) is 6.33. The number of aromatic nitrogens is 2. The first kappa shape index (κ1) is 9.51. The SMILES string of the molecule is CCCNC(=O)C=Cc1cnc[nH]1. The molecule has 13 heavy (non-hydrogen) atoms. The molecular formula is C9H13N3O. The standard InChI is InChI=1S/C9H13N3O/c1-2-5-11-9(13)4-3-8-6-10-7-12-8/h3-4,6-7H,2,5H2,1H3,(H,10,12)(H,11,13). The molecule has 4 heteroatoms. The second kappa shape index (κ2) is 5.13. The highest BCUT2D eigenvalue weighted by atomic mass is 16.1. The van der Waals surface area contributed by atoms with Gasteiger partial charge in [0.25, 0.3) is 0 Å². The van der Waals surface area contributed by atoms with Crippen molar-refractivity contribution in [2.24, 2.45) is 0 Å². The molecular weight excluding hydrogens is 166 g/mol. The maximum atomic E-state index is 11.1. The molecule has 0 atom stereocenters. The largest absolute Gasteiger partial charge is 0.353 e. The average molecular weight is 179 g/mol. The van der Waals surface area contributed by atoms with E-state index in [2.05, 4.69) is 15.3 Å². The summed E-state index contributed by atoms with van der Waals surface area (Å²) in [5.41, 5.74) is 0.826. The third kappa shape index (κ3) is 3.55. The van der Waals surface area contributed by atoms with Crippen LogP contribution in [0, 0.1) is 0 Å². The first-order valence-electron chi connectivity index (χ1n) is 4.27. The summed E-state index contributed by atoms with van der Waals surface area (Å²) in [6.45, 7) is 2.73. The maximum Gasteiger partial charge on any atom is 0.244 e. The van der Waals surface area contributed by atoms with Gasteiger partial charge in [-0.1, -0.05) is 6.92 Å². The smallest absolute Gasteiger partial charge is 0.244 e. The van der Waals surface area contributed by atoms with E-state index in [4.69, 9.17) is 0 Å². The molecule has 0 aromatic carbocycles. The molecule has 1 aromatic rings. The van der Waals surface area contributed by atoms with E-state index >= 15 is 0 Å². The molecule has 2 N–H and O–H groups in total. The van der Waals surface area contributed by atoms with Crippen molar-refractivity contribution in [2.45, 2.75) is 13.3 Å². The third-order valence-electron chi connectivity index (χ3n) is 1.48. The number of nitrogens with one attached hydrogen (secondary N) is 2. The summed E-state index contributed by atoms with van der Waals surface area (Å²) in [6.07, 6.45) is 7.36. The Kier molecular flexibility index (Phi) is 3.75. The zero-order valence-electron chi connectivity index (χ0n) is 7.58. The monoisotopic (exact) mass is 179 g/mol. The lowest BCUT2D eigenvalue weighted by molar-refractivity contribution is -0.116. The molecule has 1 heterocycles. The molecule has 0 bridgehead atoms. The van der Waals surface area contributed by atoms with Crippen LogP contribution < -0.4 is 5.32 Å². The highest BCUT2D eigenvalue weighted by molar-refractivity contribution is 5.91. The van der Waals surface area contributed by atoms with Crippen molar-refractivity contribution >= 4 is 12.0 Å². The van der Waals surface area contributed by atoms with Gasteiger partial charge in [0, 0.05) is 12.6 Å². The van der Waals surface area contributed by atoms with Gasteiger partial charge in [0.1, 0.15) is 0 Å². The van der Waals surface area contributed by atoms with Gasteiger partial charge in [-0.3, -0.25) is 4.79 Å². The van der Waals surface area contributed by atoms with Gasteiger partial charge in [-0.05, 0) is 12.5 Å². The van der Waals surface area contributed by atoms with Gasteiger partial charge in [0.2, 0.25) is 5.91 Å². The van der Waals surface area contributed by atoms with Crippen LogP contribution in [0.25, 0.3) is 6.08 Å². The van der Waals surface area contributed by atoms with Crippen LogP contribution in [-0.2, 0) is 4.79 Å². The fourth-order valence-electron chi connectivity index (χ4n) is 0.830. The second-order valence-electron chi connectivity index (χ2n) is 2.63. The van der Waals surface area contributed by atoms with Crippen molar-refractivity contribution in [3.05, 3.63) is 24.3 Å². The number of amides is 1. The lowest BCUT2D eigenvalue weighted by Crippen LogP contribution is -2.21. The van der Waals surface area contributed by atoms with Crippen LogP contribution in [0.15, 0.2) is 18.6 Å². The summed E-state index contributed by atoms with van der Waals surface area (Å²) in [6, 6.07) is 0. The first-order valence-corrected chi connectivity index (χ1v) is 4.27. The molecule has 0 spiro atoms. The van der Waals surface area contributed by atoms with Crippen LogP contribution in [0.3, 0.4) is 0 Å². The molecule has 0 saturated carbocycles. The van der Waals surface area contributed by atoms with Crippen LogP contribution in [0.1, 0.15) is 19.0 Å². The molecule has 1 aromatic heterocycles. The van der Waals surface area contributed by atoms with E-state index in [1.165, 1.54) is 6.08 Å². The number of H-pyrrole nitrogens is 1. The normalized spacial score (nSPS) is 10.5. The van der Waals surface area contributed by atoms with Gasteiger partial charge in [0.05, 0.1) is 18.2 Å². The van der Waals surface area contributed by atoms with Crippen molar-refractivity contribution in [3.63, 3.8) is 0 Å². The number of carbonyl (C=O) groups excluding carboxylic acids is 1. The van der Waals surface area contributed by atoms with Gasteiger partial charge in [0.15, 0.2) is 0 Å². The van der Waals surface area contributed by atoms with Gasteiger partial charge in [-0.25, -0.2) is 4.98 Å². The number of imidazole rings is 1. The molecule has 1 rings (SSSR count). The lowest BCUT2D eigenvalue weighted by Gasteiger charge is -1.96. The molecule has 0 unspecified atom stereocenters. The Bertz CT molecular complexity index is 277. The van der Waals surface area contributed by atoms with Crippen molar-refractivity contribution < 1.29 is 4.79 Å². The molecule has 0 radical (unpaired) electrons. The quantitative estimate of drug-likeness (QED) is 0.676. The van der Waals surface area contributed by atoms with Crippen LogP contribution in [0.5, 0.6) is 0 Å². The predicted octanol–water partition coefficient (Wildman–Crippen LogP) is 0.949. The summed E-state index contributed by atoms with van der Waals surface area (Å²) in [5, 5.41) is 2.73. The van der Waals surface area contributed by atoms with Crippen molar-refractivity contribution in [3.8, 4) is 0 Å². The average Bonchev–Trinajstić information content (AvgIpc) is 2.64. The Morgan fingerprint density at radius 3 is 3.23 bits per heavy atom. The highest BCUT2D eigenvalue weighted by Gasteiger charge is 1.92. The number of rotatable bonds is 4. The molecule has 0 aliphatic rings. The van der Waals surface area contributed by atoms with Crippen LogP contribution in [0.2, 0.25) is 0 Å². The van der Waals surface area contributed by atoms with Gasteiger partial charge in [-0.15, -0.1) is 0 Å². The Hall–Kier alpha value is -1.58. The van der Waals surface area contributed by atoms with E-state index in [1.54, 1.807) is 18.6 Å². The van der Waals surface area contributed by atoms with E-state index in [0.29, 0.717) is 6.54 Å². The fourth-order valence-corrected chi connectivity index (χ4v) is 0.830. The van der Waals surface area contributed by atoms with E-state index < -0.39 is 0 Å². The minimum absolute atomic E-state index is 0.0727. The topological polar surface area (TPSA) is 57.8 Å². The summed E-state index contributed by atoms with van der Waals surface area (Å²) in [5.74, 6) is -0.0727. The predicted molar refractivity (Wildman–Crippen MR) is 50.9 cm³/mol. The Labute approximate surface area is 77.1 Å². The van der Waals surface area contributed by atoms with Crippen LogP contribution in [0.4, 0.5) is 0 Å². The second-order valence-corrected chi connectivity index (χ2v) is 2.63. The minimum Gasteiger partial charge on any atom is -0.353 e. The fraction of sp³-hybridized carbons (Fsp3) is 0.333. The van der Waals surface area contributed by atoms with Gasteiger partial charge >= 0.3 is 0 Å². The molecule has 0 saturated heterocycles. The Morgan fingerprint density at radius 1 is 1.77 bits per heavy atom. The van der Waals surface area contributed by atoms with Crippen molar-refractivity contribution in [1.29, 1.82) is 0 Å². The zero-order chi connectivity index (χ0) is 9.52. The molecule has 0 aliphatic heterocycles. The van der Waals surface area contributed by atoms with E-state index in [0.717, 1.165) is 12.1 Å². The summed E-state index contributed by atoms with van der Waals surface area (Å²) >= 11 is 0. The van der Waals surface area contributed by atoms with E-state index in [1.807, 2.05) is 6.92 Å². The maximum absolute atomic E-state index is 11.1. The number of hydrogen-bond donors (Lipinski definition) is 2. The number of carbonyl (C=O) groups is 1. The molecule has 0 fully saturated rings. The van der Waals surface area contributed by atoms with Gasteiger partial charge in [-0.2, -0.15) is 0 Å². The molecule has 1 amide bonds. The number of aromatic amines is 1. The minimum atomic E-state index is -0.0727. The molecule has 0 aliphatic carbocycles. The number of hydrogen-bond acceptors (Lipinski definition) is 2. The Morgan fingerprint density at radius 2 is 2.62 bits per heavy atom. The van der Waals surface area contributed by atoms with E-state index in [-0.39, 0.29) is 5.91 Å². The Balaban J connectivity index is 2.35. The van der Waals surface area contributed by atoms with E-state index in [9.17, 15) is 4.79 Å². The lowest BCUT2D eigenvalue weighted by atomic mass is 10.4. The number of nitrogens with zero attached hydrogens (tertiary/aromatic N) is 1. The van der Waals surface area contributed by atoms with Gasteiger partial charge < -0.3 is 10.3 Å².